The van der Waals surface area contributed by atoms with Crippen LogP contribution in [0, 0.1) is 11.3 Å². The second-order valence-corrected chi connectivity index (χ2v) is 6.25. The second-order valence-electron chi connectivity index (χ2n) is 6.25. The normalized spacial score (nSPS) is 22.2. The first-order valence-electron chi connectivity index (χ1n) is 8.49. The Hall–Kier alpha value is -0.980. The molecule has 0 bridgehead atoms. The van der Waals surface area contributed by atoms with E-state index >= 15 is 0 Å². The monoisotopic (exact) mass is 275 g/mol. The summed E-state index contributed by atoms with van der Waals surface area (Å²) in [6, 6.07) is 10.8. The summed E-state index contributed by atoms with van der Waals surface area (Å²) in [5.74, 6) is 0.961. The molecule has 0 N–H and O–H groups in total. The van der Waals surface area contributed by atoms with Crippen molar-refractivity contribution in [3.63, 3.8) is 0 Å². The Bertz CT molecular complexity index is 351. The van der Waals surface area contributed by atoms with E-state index in [1.807, 2.05) is 13.8 Å². The summed E-state index contributed by atoms with van der Waals surface area (Å²) in [7, 11) is 0. The zero-order chi connectivity index (χ0) is 15.0. The van der Waals surface area contributed by atoms with E-state index in [4.69, 9.17) is 0 Å². The topological polar surface area (TPSA) is 3.24 Å². The Balaban J connectivity index is 0.000000357. The second kappa shape index (κ2) is 8.34. The Morgan fingerprint density at radius 3 is 2.10 bits per heavy atom. The molecule has 0 radical (unpaired) electrons. The van der Waals surface area contributed by atoms with E-state index in [2.05, 4.69) is 56.0 Å². The van der Waals surface area contributed by atoms with E-state index in [0.717, 1.165) is 5.92 Å². The van der Waals surface area contributed by atoms with Crippen molar-refractivity contribution in [2.75, 3.05) is 18.0 Å². The summed E-state index contributed by atoms with van der Waals surface area (Å²) < 4.78 is 0. The summed E-state index contributed by atoms with van der Waals surface area (Å²) in [4.78, 5) is 2.53. The molecule has 1 aromatic rings. The number of nitrogens with zero attached hydrogens (tertiary/aromatic N) is 1. The average molecular weight is 275 g/mol. The zero-order valence-electron chi connectivity index (χ0n) is 14.2. The number of anilines is 1. The minimum absolute atomic E-state index is 0.690. The van der Waals surface area contributed by atoms with E-state index in [0.29, 0.717) is 5.41 Å². The summed E-state index contributed by atoms with van der Waals surface area (Å²) in [6.45, 7) is 13.2. The zero-order valence-corrected chi connectivity index (χ0v) is 14.2. The molecule has 20 heavy (non-hydrogen) atoms. The molecule has 1 nitrogen and oxygen atoms in total. The quantitative estimate of drug-likeness (QED) is 0.630. The first kappa shape index (κ1) is 17.1. The van der Waals surface area contributed by atoms with Gasteiger partial charge in [-0.2, -0.15) is 0 Å². The lowest BCUT2D eigenvalue weighted by molar-refractivity contribution is 0.214. The van der Waals surface area contributed by atoms with Gasteiger partial charge in [-0.05, 0) is 30.9 Å². The van der Waals surface area contributed by atoms with Gasteiger partial charge >= 0.3 is 0 Å². The van der Waals surface area contributed by atoms with E-state index < -0.39 is 0 Å². The fraction of sp³-hybridized carbons (Fsp3) is 0.684. The predicted octanol–water partition coefficient (Wildman–Crippen LogP) is 5.76. The van der Waals surface area contributed by atoms with E-state index in [9.17, 15) is 0 Å². The lowest BCUT2D eigenvalue weighted by Gasteiger charge is -2.50. The van der Waals surface area contributed by atoms with Gasteiger partial charge in [-0.1, -0.05) is 65.7 Å². The van der Waals surface area contributed by atoms with Crippen molar-refractivity contribution in [1.29, 1.82) is 0 Å². The third-order valence-electron chi connectivity index (χ3n) is 4.12. The highest BCUT2D eigenvalue weighted by Gasteiger charge is 2.46. The minimum atomic E-state index is 0.690. The fourth-order valence-corrected chi connectivity index (χ4v) is 3.37. The van der Waals surface area contributed by atoms with Gasteiger partial charge in [0.25, 0.3) is 0 Å². The molecular weight excluding hydrogens is 242 g/mol. The fourth-order valence-electron chi connectivity index (χ4n) is 3.37. The lowest BCUT2D eigenvalue weighted by Crippen LogP contribution is -2.55. The molecule has 3 rings (SSSR count). The van der Waals surface area contributed by atoms with Gasteiger partial charge in [-0.15, -0.1) is 0 Å². The van der Waals surface area contributed by atoms with Crippen molar-refractivity contribution < 1.29 is 0 Å². The Kier molecular flexibility index (Phi) is 7.12. The SMILES string of the molecule is CC.CC1CCC2(C1)CN(c1ccccc1)C2.CCC. The van der Waals surface area contributed by atoms with Crippen LogP contribution in [-0.4, -0.2) is 13.1 Å². The van der Waals surface area contributed by atoms with Crippen molar-refractivity contribution in [2.45, 2.75) is 60.3 Å². The smallest absolute Gasteiger partial charge is 0.0366 e. The molecule has 1 unspecified atom stereocenters. The number of benzene rings is 1. The molecule has 1 aromatic carbocycles. The highest BCUT2D eigenvalue weighted by molar-refractivity contribution is 5.49. The van der Waals surface area contributed by atoms with Crippen LogP contribution in [-0.2, 0) is 0 Å². The Labute approximate surface area is 126 Å². The van der Waals surface area contributed by atoms with Gasteiger partial charge in [0.1, 0.15) is 0 Å². The molecule has 1 atom stereocenters. The molecule has 1 aliphatic carbocycles. The van der Waals surface area contributed by atoms with Crippen molar-refractivity contribution in [3.8, 4) is 0 Å². The van der Waals surface area contributed by atoms with E-state index in [-0.39, 0.29) is 0 Å². The van der Waals surface area contributed by atoms with Crippen LogP contribution >= 0.6 is 0 Å². The summed E-state index contributed by atoms with van der Waals surface area (Å²) in [6.07, 6.45) is 5.61. The molecule has 0 amide bonds. The van der Waals surface area contributed by atoms with Crippen molar-refractivity contribution in [2.24, 2.45) is 11.3 Å². The first-order chi connectivity index (χ1) is 9.69. The van der Waals surface area contributed by atoms with Gasteiger partial charge in [-0.3, -0.25) is 0 Å². The van der Waals surface area contributed by atoms with Crippen LogP contribution in [0.1, 0.15) is 60.3 Å². The minimum Gasteiger partial charge on any atom is -0.370 e. The van der Waals surface area contributed by atoms with Crippen LogP contribution in [0.25, 0.3) is 0 Å². The Morgan fingerprint density at radius 1 is 1.10 bits per heavy atom. The largest absolute Gasteiger partial charge is 0.370 e. The first-order valence-corrected chi connectivity index (χ1v) is 8.49. The molecule has 2 aliphatic rings. The number of rotatable bonds is 1. The molecule has 1 saturated carbocycles. The summed E-state index contributed by atoms with van der Waals surface area (Å²) in [5, 5.41) is 0. The maximum absolute atomic E-state index is 2.53. The van der Waals surface area contributed by atoms with Crippen LogP contribution in [0.2, 0.25) is 0 Å². The van der Waals surface area contributed by atoms with Crippen LogP contribution in [0.3, 0.4) is 0 Å². The Morgan fingerprint density at radius 2 is 1.65 bits per heavy atom. The molecule has 2 fully saturated rings. The van der Waals surface area contributed by atoms with Gasteiger partial charge in [0.2, 0.25) is 0 Å². The predicted molar refractivity (Wildman–Crippen MR) is 91.4 cm³/mol. The van der Waals surface area contributed by atoms with Crippen LogP contribution in [0.15, 0.2) is 30.3 Å². The van der Waals surface area contributed by atoms with Crippen LogP contribution < -0.4 is 4.90 Å². The van der Waals surface area contributed by atoms with Gasteiger partial charge in [0.15, 0.2) is 0 Å². The molecular formula is C19H33N. The van der Waals surface area contributed by atoms with Crippen LogP contribution in [0.4, 0.5) is 5.69 Å². The third kappa shape index (κ3) is 4.26. The molecule has 1 saturated heterocycles. The molecule has 114 valence electrons. The maximum Gasteiger partial charge on any atom is 0.0366 e. The third-order valence-corrected chi connectivity index (χ3v) is 4.12. The van der Waals surface area contributed by atoms with Gasteiger partial charge in [0, 0.05) is 24.2 Å². The van der Waals surface area contributed by atoms with Gasteiger partial charge in [-0.25, -0.2) is 0 Å². The van der Waals surface area contributed by atoms with Crippen molar-refractivity contribution in [3.05, 3.63) is 30.3 Å². The van der Waals surface area contributed by atoms with Crippen molar-refractivity contribution >= 4 is 5.69 Å². The van der Waals surface area contributed by atoms with E-state index in [1.165, 1.54) is 44.5 Å². The maximum atomic E-state index is 2.53. The highest BCUT2D eigenvalue weighted by atomic mass is 15.2. The van der Waals surface area contributed by atoms with Gasteiger partial charge < -0.3 is 4.90 Å². The molecule has 1 heterocycles. The van der Waals surface area contributed by atoms with Crippen LogP contribution in [0.5, 0.6) is 0 Å². The molecule has 1 spiro atoms. The number of para-hydroxylation sites is 1. The summed E-state index contributed by atoms with van der Waals surface area (Å²) in [5.41, 5.74) is 2.09. The summed E-state index contributed by atoms with van der Waals surface area (Å²) >= 11 is 0. The van der Waals surface area contributed by atoms with Gasteiger partial charge in [0.05, 0.1) is 0 Å². The number of hydrogen-bond acceptors (Lipinski definition) is 1. The van der Waals surface area contributed by atoms with E-state index in [1.54, 1.807) is 0 Å². The standard InChI is InChI=1S/C14H19N.C3H8.C2H6/c1-12-7-8-14(9-12)10-15(11-14)13-5-3-2-4-6-13;1-3-2;1-2/h2-6,12H,7-11H2,1H3;3H2,1-2H3;1-2H3. The molecule has 1 heteroatoms. The number of hydrogen-bond donors (Lipinski definition) is 0. The highest BCUT2D eigenvalue weighted by Crippen LogP contribution is 2.49. The molecule has 1 aliphatic heterocycles. The lowest BCUT2D eigenvalue weighted by atomic mass is 9.77. The average Bonchev–Trinajstić information content (AvgIpc) is 2.84. The van der Waals surface area contributed by atoms with Crippen molar-refractivity contribution in [1.82, 2.24) is 0 Å². The molecule has 0 aromatic heterocycles.